The van der Waals surface area contributed by atoms with Gasteiger partial charge in [0.2, 0.25) is 11.9 Å². The van der Waals surface area contributed by atoms with E-state index in [4.69, 9.17) is 16.3 Å². The number of halogens is 4. The van der Waals surface area contributed by atoms with Crippen molar-refractivity contribution in [3.8, 4) is 6.01 Å². The molecule has 1 aromatic heterocycles. The van der Waals surface area contributed by atoms with Crippen molar-refractivity contribution in [3.05, 3.63) is 64.7 Å². The molecule has 278 valence electrons. The van der Waals surface area contributed by atoms with Crippen LogP contribution in [-0.2, 0) is 19.9 Å². The number of amides is 3. The minimum absolute atomic E-state index is 0.0403. The van der Waals surface area contributed by atoms with Gasteiger partial charge in [0.1, 0.15) is 6.04 Å². The van der Waals surface area contributed by atoms with Gasteiger partial charge in [-0.1, -0.05) is 37.1 Å². The van der Waals surface area contributed by atoms with Crippen LogP contribution >= 0.6 is 11.6 Å². The molecule has 3 amide bonds. The van der Waals surface area contributed by atoms with Crippen LogP contribution in [0.5, 0.6) is 6.01 Å². The molecule has 0 aliphatic heterocycles. The van der Waals surface area contributed by atoms with Gasteiger partial charge in [0.25, 0.3) is 5.91 Å². The van der Waals surface area contributed by atoms with E-state index in [9.17, 15) is 37.5 Å². The number of anilines is 3. The maximum absolute atomic E-state index is 12.9. The van der Waals surface area contributed by atoms with Crippen molar-refractivity contribution < 1.29 is 42.2 Å². The van der Waals surface area contributed by atoms with Gasteiger partial charge in [0, 0.05) is 28.9 Å². The predicted molar refractivity (Wildman–Crippen MR) is 183 cm³/mol. The van der Waals surface area contributed by atoms with Crippen LogP contribution in [0.1, 0.15) is 67.8 Å². The van der Waals surface area contributed by atoms with E-state index in [2.05, 4.69) is 48.5 Å². The number of aliphatic carboxylic acids is 1. The van der Waals surface area contributed by atoms with E-state index >= 15 is 0 Å². The zero-order valence-electron chi connectivity index (χ0n) is 28.1. The fourth-order valence-corrected chi connectivity index (χ4v) is 5.92. The van der Waals surface area contributed by atoms with E-state index in [1.807, 2.05) is 12.1 Å². The number of hydrogen-bond acceptors (Lipinski definition) is 10. The number of ether oxygens (including phenoxy) is 1. The second-order valence-corrected chi connectivity index (χ2v) is 13.2. The largest absolute Gasteiger partial charge is 0.480 e. The summed E-state index contributed by atoms with van der Waals surface area (Å²) >= 11 is 6.02. The van der Waals surface area contributed by atoms with Gasteiger partial charge >= 0.3 is 30.0 Å². The van der Waals surface area contributed by atoms with Crippen molar-refractivity contribution in [1.29, 1.82) is 0 Å². The molecule has 52 heavy (non-hydrogen) atoms. The fraction of sp³-hybridized carbons (Fsp3) is 0.441. The molecular weight excluding hydrogens is 709 g/mol. The van der Waals surface area contributed by atoms with Gasteiger partial charge in [-0.05, 0) is 86.4 Å². The Labute approximate surface area is 301 Å². The van der Waals surface area contributed by atoms with E-state index < -0.39 is 60.6 Å². The summed E-state index contributed by atoms with van der Waals surface area (Å²) in [4.78, 5) is 61.7. The standard InChI is InChI=1S/C34H38ClF3N8O6/c1-2-19-3-11-23(12-4-19)40-28(49)27(48)39-17-25(29(50)51)42-26(47)20-5-13-24(14-6-20)41-30-43-31(45-32(44-30)52-18-34(36,37)38)46-33(15-16-33)21-7-9-22(35)10-8-21/h5-10,13-14,19,23,25H,2-4,11-12,15-18H2,1H3,(H,39,48)(H,40,49)(H,42,47)(H,50,51)(H2,41,43,44,45,46)/t19?,23?,25-/m0/s1. The smallest absolute Gasteiger partial charge is 0.422 e. The number of carboxylic acid groups (broad SMARTS) is 1. The second kappa shape index (κ2) is 16.4. The number of rotatable bonds is 14. The Morgan fingerprint density at radius 3 is 2.19 bits per heavy atom. The molecule has 2 aliphatic rings. The van der Waals surface area contributed by atoms with Crippen LogP contribution < -0.4 is 31.3 Å². The van der Waals surface area contributed by atoms with Gasteiger partial charge in [0.15, 0.2) is 6.61 Å². The Bertz CT molecular complexity index is 1750. The summed E-state index contributed by atoms with van der Waals surface area (Å²) in [6, 6.07) is 10.4. The molecule has 18 heteroatoms. The lowest BCUT2D eigenvalue weighted by atomic mass is 9.84. The van der Waals surface area contributed by atoms with Gasteiger partial charge in [-0.25, -0.2) is 4.79 Å². The summed E-state index contributed by atoms with van der Waals surface area (Å²) in [5, 5.41) is 23.5. The van der Waals surface area contributed by atoms with E-state index in [1.54, 1.807) is 12.1 Å². The highest BCUT2D eigenvalue weighted by Crippen LogP contribution is 2.48. The summed E-state index contributed by atoms with van der Waals surface area (Å²) in [5.74, 6) is -3.68. The van der Waals surface area contributed by atoms with Crippen LogP contribution in [-0.4, -0.2) is 75.2 Å². The topological polar surface area (TPSA) is 197 Å². The third kappa shape index (κ3) is 10.7. The van der Waals surface area contributed by atoms with E-state index in [0.717, 1.165) is 37.7 Å². The summed E-state index contributed by atoms with van der Waals surface area (Å²) < 4.78 is 43.6. The number of carbonyl (C=O) groups is 4. The third-order valence-electron chi connectivity index (χ3n) is 8.92. The molecule has 3 aromatic rings. The highest BCUT2D eigenvalue weighted by Gasteiger charge is 2.45. The van der Waals surface area contributed by atoms with Crippen molar-refractivity contribution in [2.45, 2.75) is 75.7 Å². The number of nitrogens with zero attached hydrogens (tertiary/aromatic N) is 3. The van der Waals surface area contributed by atoms with Gasteiger partial charge in [-0.15, -0.1) is 0 Å². The Kier molecular flexibility index (Phi) is 12.0. The van der Waals surface area contributed by atoms with E-state index in [0.29, 0.717) is 29.5 Å². The van der Waals surface area contributed by atoms with Crippen molar-refractivity contribution in [2.75, 3.05) is 23.8 Å². The lowest BCUT2D eigenvalue weighted by Gasteiger charge is -2.28. The monoisotopic (exact) mass is 746 g/mol. The molecule has 0 bridgehead atoms. The average molecular weight is 747 g/mol. The van der Waals surface area contributed by atoms with Gasteiger partial charge in [-0.2, -0.15) is 28.1 Å². The molecule has 2 fully saturated rings. The summed E-state index contributed by atoms with van der Waals surface area (Å²) in [6.07, 6.45) is 1.26. The molecule has 5 rings (SSSR count). The lowest BCUT2D eigenvalue weighted by molar-refractivity contribution is -0.154. The minimum atomic E-state index is -4.64. The van der Waals surface area contributed by atoms with Crippen molar-refractivity contribution in [1.82, 2.24) is 30.9 Å². The Balaban J connectivity index is 1.19. The van der Waals surface area contributed by atoms with Crippen LogP contribution in [0.3, 0.4) is 0 Å². The normalized spacial score (nSPS) is 18.3. The van der Waals surface area contributed by atoms with Gasteiger partial charge in [-0.3, -0.25) is 14.4 Å². The number of alkyl halides is 3. The predicted octanol–water partition coefficient (Wildman–Crippen LogP) is 4.70. The molecule has 1 heterocycles. The first kappa shape index (κ1) is 38.1. The molecule has 0 saturated heterocycles. The van der Waals surface area contributed by atoms with Crippen LogP contribution in [0.25, 0.3) is 0 Å². The first-order valence-corrected chi connectivity index (χ1v) is 17.1. The quantitative estimate of drug-likeness (QED) is 0.125. The summed E-state index contributed by atoms with van der Waals surface area (Å²) in [7, 11) is 0. The fourth-order valence-electron chi connectivity index (χ4n) is 5.79. The SMILES string of the molecule is CCC1CCC(NC(=O)C(=O)NC[C@H](NC(=O)c2ccc(Nc3nc(NC4(c5ccc(Cl)cc5)CC4)nc(OCC(F)(F)F)n3)cc2)C(=O)O)CC1. The van der Waals surface area contributed by atoms with Crippen molar-refractivity contribution in [3.63, 3.8) is 0 Å². The summed E-state index contributed by atoms with van der Waals surface area (Å²) in [6.45, 7) is -0.0534. The van der Waals surface area contributed by atoms with Crippen LogP contribution in [0.2, 0.25) is 5.02 Å². The van der Waals surface area contributed by atoms with E-state index in [1.165, 1.54) is 24.3 Å². The van der Waals surface area contributed by atoms with Gasteiger partial charge < -0.3 is 36.4 Å². The van der Waals surface area contributed by atoms with Crippen LogP contribution in [0.15, 0.2) is 48.5 Å². The van der Waals surface area contributed by atoms with E-state index in [-0.39, 0.29) is 23.5 Å². The summed E-state index contributed by atoms with van der Waals surface area (Å²) in [5.41, 5.74) is 0.701. The molecular formula is C34H38ClF3N8O6. The number of carboxylic acids is 1. The maximum Gasteiger partial charge on any atom is 0.422 e. The highest BCUT2D eigenvalue weighted by atomic mass is 35.5. The molecule has 2 saturated carbocycles. The molecule has 2 aromatic carbocycles. The number of benzene rings is 2. The number of carbonyl (C=O) groups excluding carboxylic acids is 3. The van der Waals surface area contributed by atoms with Crippen molar-refractivity contribution >= 4 is 52.9 Å². The van der Waals surface area contributed by atoms with Crippen LogP contribution in [0.4, 0.5) is 30.8 Å². The average Bonchev–Trinajstić information content (AvgIpc) is 3.89. The molecule has 1 atom stereocenters. The molecule has 0 radical (unpaired) electrons. The Morgan fingerprint density at radius 1 is 0.942 bits per heavy atom. The molecule has 14 nitrogen and oxygen atoms in total. The Morgan fingerprint density at radius 2 is 1.60 bits per heavy atom. The molecule has 0 unspecified atom stereocenters. The maximum atomic E-state index is 12.9. The number of nitrogens with one attached hydrogen (secondary N) is 5. The first-order valence-electron chi connectivity index (χ1n) is 16.7. The molecule has 2 aliphatic carbocycles. The molecule has 6 N–H and O–H groups in total. The minimum Gasteiger partial charge on any atom is -0.480 e. The van der Waals surface area contributed by atoms with Crippen LogP contribution in [0, 0.1) is 5.92 Å². The third-order valence-corrected chi connectivity index (χ3v) is 9.17. The van der Waals surface area contributed by atoms with Gasteiger partial charge in [0.05, 0.1) is 5.54 Å². The molecule has 0 spiro atoms. The first-order chi connectivity index (χ1) is 24.7. The number of aromatic nitrogens is 3. The lowest BCUT2D eigenvalue weighted by Crippen LogP contribution is -2.52. The highest BCUT2D eigenvalue weighted by molar-refractivity contribution is 6.35. The Hall–Kier alpha value is -5.19. The zero-order valence-corrected chi connectivity index (χ0v) is 28.8. The zero-order chi connectivity index (χ0) is 37.5. The second-order valence-electron chi connectivity index (χ2n) is 12.8. The van der Waals surface area contributed by atoms with Crippen molar-refractivity contribution in [2.24, 2.45) is 5.92 Å². The number of hydrogen-bond donors (Lipinski definition) is 6.